The summed E-state index contributed by atoms with van der Waals surface area (Å²) in [6.07, 6.45) is 12.1. The number of unbranched alkanes of at least 4 members (excludes halogenated alkanes) is 1. The molecule has 1 aliphatic carbocycles. The number of aliphatic carboxylic acids is 1. The zero-order valence-corrected chi connectivity index (χ0v) is 13.3. The van der Waals surface area contributed by atoms with Crippen molar-refractivity contribution in [2.45, 2.75) is 66.2 Å². The highest BCUT2D eigenvalue weighted by molar-refractivity contribution is 5.81. The van der Waals surface area contributed by atoms with Gasteiger partial charge in [0.05, 0.1) is 0 Å². The molecule has 0 spiro atoms. The second kappa shape index (κ2) is 7.47. The largest absolute Gasteiger partial charge is 0.478 e. The summed E-state index contributed by atoms with van der Waals surface area (Å²) in [6, 6.07) is 0. The molecular weight excluding hydrogens is 248 g/mol. The Hall–Kier alpha value is -1.31. The monoisotopic (exact) mass is 276 g/mol. The van der Waals surface area contributed by atoms with E-state index in [1.165, 1.54) is 30.1 Å². The van der Waals surface area contributed by atoms with Gasteiger partial charge in [0.1, 0.15) is 0 Å². The molecule has 0 unspecified atom stereocenters. The molecule has 0 atom stereocenters. The highest BCUT2D eigenvalue weighted by Crippen LogP contribution is 2.40. The Morgan fingerprint density at radius 1 is 1.40 bits per heavy atom. The number of rotatable bonds is 6. The van der Waals surface area contributed by atoms with Crippen molar-refractivity contribution in [2.24, 2.45) is 5.41 Å². The predicted octanol–water partition coefficient (Wildman–Crippen LogP) is 5.27. The molecule has 0 bridgehead atoms. The summed E-state index contributed by atoms with van der Waals surface area (Å²) >= 11 is 0. The number of carboxylic acid groups (broad SMARTS) is 1. The molecule has 0 saturated heterocycles. The van der Waals surface area contributed by atoms with Gasteiger partial charge in [0.2, 0.25) is 0 Å². The minimum absolute atomic E-state index is 0.206. The van der Waals surface area contributed by atoms with Crippen LogP contribution in [0.25, 0.3) is 0 Å². The lowest BCUT2D eigenvalue weighted by molar-refractivity contribution is -0.131. The minimum Gasteiger partial charge on any atom is -0.478 e. The van der Waals surface area contributed by atoms with E-state index >= 15 is 0 Å². The summed E-state index contributed by atoms with van der Waals surface area (Å²) < 4.78 is 0. The van der Waals surface area contributed by atoms with Crippen molar-refractivity contribution < 1.29 is 9.90 Å². The topological polar surface area (TPSA) is 37.3 Å². The zero-order chi connectivity index (χ0) is 15.2. The Kier molecular flexibility index (Phi) is 6.25. The third-order valence-electron chi connectivity index (χ3n) is 4.13. The second-order valence-corrected chi connectivity index (χ2v) is 6.43. The smallest absolute Gasteiger partial charge is 0.328 e. The maximum absolute atomic E-state index is 10.9. The number of hydrogen-bond acceptors (Lipinski definition) is 1. The highest BCUT2D eigenvalue weighted by Gasteiger charge is 2.26. The van der Waals surface area contributed by atoms with Gasteiger partial charge in [0, 0.05) is 6.08 Å². The van der Waals surface area contributed by atoms with Crippen LogP contribution in [0.3, 0.4) is 0 Å². The van der Waals surface area contributed by atoms with Gasteiger partial charge in [-0.3, -0.25) is 0 Å². The van der Waals surface area contributed by atoms with Crippen LogP contribution in [0.4, 0.5) is 0 Å². The SMILES string of the molecule is CCCCC(=C/C(=O)O)/C=C/C1=C(C)CCCC1(C)C. The Bertz CT molecular complexity index is 436. The van der Waals surface area contributed by atoms with Crippen LogP contribution in [0.15, 0.2) is 34.9 Å². The summed E-state index contributed by atoms with van der Waals surface area (Å²) in [7, 11) is 0. The van der Waals surface area contributed by atoms with Gasteiger partial charge in [0.15, 0.2) is 0 Å². The van der Waals surface area contributed by atoms with Crippen LogP contribution in [-0.2, 0) is 4.79 Å². The summed E-state index contributed by atoms with van der Waals surface area (Å²) in [6.45, 7) is 8.89. The van der Waals surface area contributed by atoms with Crippen molar-refractivity contribution in [3.63, 3.8) is 0 Å². The maximum atomic E-state index is 10.9. The molecule has 1 aliphatic rings. The van der Waals surface area contributed by atoms with Gasteiger partial charge < -0.3 is 5.11 Å². The van der Waals surface area contributed by atoms with E-state index in [1.807, 2.05) is 6.08 Å². The van der Waals surface area contributed by atoms with E-state index in [4.69, 9.17) is 5.11 Å². The van der Waals surface area contributed by atoms with Crippen molar-refractivity contribution >= 4 is 5.97 Å². The Morgan fingerprint density at radius 2 is 2.10 bits per heavy atom. The average Bonchev–Trinajstić information content (AvgIpc) is 2.33. The minimum atomic E-state index is -0.852. The van der Waals surface area contributed by atoms with E-state index in [1.54, 1.807) is 0 Å². The summed E-state index contributed by atoms with van der Waals surface area (Å²) in [5.74, 6) is -0.852. The number of carbonyl (C=O) groups is 1. The Labute approximate surface area is 123 Å². The van der Waals surface area contributed by atoms with Crippen LogP contribution in [0.5, 0.6) is 0 Å². The van der Waals surface area contributed by atoms with Gasteiger partial charge >= 0.3 is 5.97 Å². The molecular formula is C18H28O2. The van der Waals surface area contributed by atoms with Crippen molar-refractivity contribution in [3.05, 3.63) is 34.9 Å². The zero-order valence-electron chi connectivity index (χ0n) is 13.3. The highest BCUT2D eigenvalue weighted by atomic mass is 16.4. The lowest BCUT2D eigenvalue weighted by Gasteiger charge is -2.33. The molecule has 0 fully saturated rings. The van der Waals surface area contributed by atoms with Crippen LogP contribution in [0.2, 0.25) is 0 Å². The number of hydrogen-bond donors (Lipinski definition) is 1. The van der Waals surface area contributed by atoms with Gasteiger partial charge in [0.25, 0.3) is 0 Å². The molecule has 1 N–H and O–H groups in total. The molecule has 2 heteroatoms. The number of carboxylic acids is 1. The van der Waals surface area contributed by atoms with Crippen LogP contribution in [0, 0.1) is 5.41 Å². The first-order valence-electron chi connectivity index (χ1n) is 7.68. The molecule has 0 aromatic heterocycles. The van der Waals surface area contributed by atoms with Crippen molar-refractivity contribution in [1.82, 2.24) is 0 Å². The van der Waals surface area contributed by atoms with Crippen LogP contribution < -0.4 is 0 Å². The van der Waals surface area contributed by atoms with Gasteiger partial charge in [-0.2, -0.15) is 0 Å². The third kappa shape index (κ3) is 4.99. The summed E-state index contributed by atoms with van der Waals surface area (Å²) in [5.41, 5.74) is 3.96. The first kappa shape index (κ1) is 16.7. The lowest BCUT2D eigenvalue weighted by atomic mass is 9.72. The fourth-order valence-corrected chi connectivity index (χ4v) is 2.94. The molecule has 0 aliphatic heterocycles. The van der Waals surface area contributed by atoms with Crippen molar-refractivity contribution in [2.75, 3.05) is 0 Å². The van der Waals surface area contributed by atoms with E-state index < -0.39 is 5.97 Å². The first-order valence-corrected chi connectivity index (χ1v) is 7.68. The molecule has 2 nitrogen and oxygen atoms in total. The Balaban J connectivity index is 2.94. The first-order chi connectivity index (χ1) is 9.36. The van der Waals surface area contributed by atoms with E-state index in [0.29, 0.717) is 0 Å². The quantitative estimate of drug-likeness (QED) is 0.530. The summed E-state index contributed by atoms with van der Waals surface area (Å²) in [4.78, 5) is 10.9. The third-order valence-corrected chi connectivity index (χ3v) is 4.13. The Morgan fingerprint density at radius 3 is 2.65 bits per heavy atom. The molecule has 20 heavy (non-hydrogen) atoms. The second-order valence-electron chi connectivity index (χ2n) is 6.43. The van der Waals surface area contributed by atoms with Gasteiger partial charge in [-0.05, 0) is 55.6 Å². The van der Waals surface area contributed by atoms with Crippen LogP contribution in [-0.4, -0.2) is 11.1 Å². The predicted molar refractivity (Wildman–Crippen MR) is 84.7 cm³/mol. The lowest BCUT2D eigenvalue weighted by Crippen LogP contribution is -2.19. The molecule has 0 amide bonds. The molecule has 0 aromatic rings. The van der Waals surface area contributed by atoms with Gasteiger partial charge in [-0.1, -0.05) is 44.9 Å². The standard InChI is InChI=1S/C18H28O2/c1-5-6-9-15(13-17(19)20)10-11-16-14(2)8-7-12-18(16,3)4/h10-11,13H,5-9,12H2,1-4H3,(H,19,20)/b11-10+,15-13-. The van der Waals surface area contributed by atoms with Crippen molar-refractivity contribution in [1.29, 1.82) is 0 Å². The average molecular weight is 276 g/mol. The molecule has 0 aromatic carbocycles. The van der Waals surface area contributed by atoms with E-state index in [0.717, 1.165) is 31.3 Å². The van der Waals surface area contributed by atoms with Gasteiger partial charge in [-0.15, -0.1) is 0 Å². The fourth-order valence-electron chi connectivity index (χ4n) is 2.94. The fraction of sp³-hybridized carbons (Fsp3) is 0.611. The molecule has 112 valence electrons. The van der Waals surface area contributed by atoms with E-state index in [2.05, 4.69) is 33.8 Å². The van der Waals surface area contributed by atoms with Crippen LogP contribution >= 0.6 is 0 Å². The van der Waals surface area contributed by atoms with Crippen molar-refractivity contribution in [3.8, 4) is 0 Å². The van der Waals surface area contributed by atoms with E-state index in [9.17, 15) is 4.79 Å². The van der Waals surface area contributed by atoms with Crippen LogP contribution in [0.1, 0.15) is 66.2 Å². The maximum Gasteiger partial charge on any atom is 0.328 e. The molecule has 1 rings (SSSR count). The number of allylic oxidation sites excluding steroid dienone is 5. The molecule has 0 saturated carbocycles. The normalized spacial score (nSPS) is 19.7. The molecule has 0 radical (unpaired) electrons. The van der Waals surface area contributed by atoms with Gasteiger partial charge in [-0.25, -0.2) is 4.79 Å². The van der Waals surface area contributed by atoms with E-state index in [-0.39, 0.29) is 5.41 Å². The molecule has 0 heterocycles. The summed E-state index contributed by atoms with van der Waals surface area (Å²) in [5, 5.41) is 8.95.